The molecule has 53 heavy (non-hydrogen) atoms. The Morgan fingerprint density at radius 3 is 2.11 bits per heavy atom. The highest BCUT2D eigenvalue weighted by Gasteiger charge is 2.52. The van der Waals surface area contributed by atoms with E-state index in [1.165, 1.54) is 14.0 Å². The van der Waals surface area contributed by atoms with Crippen LogP contribution in [0.3, 0.4) is 0 Å². The summed E-state index contributed by atoms with van der Waals surface area (Å²) in [7, 11) is 7.08. The zero-order chi connectivity index (χ0) is 40.8. The first-order valence-electron chi connectivity index (χ1n) is 19.6. The van der Waals surface area contributed by atoms with Gasteiger partial charge in [0.25, 0.3) is 0 Å². The average molecular weight is 765 g/mol. The molecular formula is C39H76N2O12. The van der Waals surface area contributed by atoms with Gasteiger partial charge in [0.1, 0.15) is 30.0 Å². The van der Waals surface area contributed by atoms with Crippen LogP contribution in [0.25, 0.3) is 0 Å². The third kappa shape index (κ3) is 11.5. The van der Waals surface area contributed by atoms with Gasteiger partial charge >= 0.3 is 5.97 Å². The van der Waals surface area contributed by atoms with Crippen LogP contribution in [0.4, 0.5) is 0 Å². The van der Waals surface area contributed by atoms with E-state index in [1.54, 1.807) is 48.5 Å². The van der Waals surface area contributed by atoms with Crippen LogP contribution in [0.15, 0.2) is 0 Å². The lowest BCUT2D eigenvalue weighted by atomic mass is 9.77. The molecule has 14 nitrogen and oxygen atoms in total. The van der Waals surface area contributed by atoms with Crippen LogP contribution in [0.1, 0.15) is 102 Å². The van der Waals surface area contributed by atoms with Crippen molar-refractivity contribution in [2.75, 3.05) is 41.4 Å². The zero-order valence-electron chi connectivity index (χ0n) is 35.3. The topological polar surface area (TPSA) is 180 Å². The van der Waals surface area contributed by atoms with Crippen LogP contribution in [0.2, 0.25) is 0 Å². The first kappa shape index (κ1) is 48.1. The molecule has 5 N–H and O–H groups in total. The quantitative estimate of drug-likeness (QED) is 0.145. The number of cyclic esters (lactones) is 1. The molecule has 4 unspecified atom stereocenters. The van der Waals surface area contributed by atoms with Crippen molar-refractivity contribution < 1.29 is 58.7 Å². The van der Waals surface area contributed by atoms with Crippen molar-refractivity contribution in [1.82, 2.24) is 9.80 Å². The summed E-state index contributed by atoms with van der Waals surface area (Å²) in [5.41, 5.74) is -4.40. The number of carbonyl (C=O) groups excluding carboxylic acids is 1. The van der Waals surface area contributed by atoms with Crippen molar-refractivity contribution in [2.45, 2.75) is 186 Å². The van der Waals surface area contributed by atoms with Crippen molar-refractivity contribution >= 4 is 5.97 Å². The highest BCUT2D eigenvalue weighted by atomic mass is 16.7. The van der Waals surface area contributed by atoms with Crippen molar-refractivity contribution in [3.05, 3.63) is 0 Å². The Morgan fingerprint density at radius 2 is 1.60 bits per heavy atom. The number of methoxy groups -OCH3 is 1. The van der Waals surface area contributed by atoms with Gasteiger partial charge in [0.05, 0.1) is 35.4 Å². The molecule has 0 bridgehead atoms. The Bertz CT molecular complexity index is 1110. The fraction of sp³-hybridized carbons (Fsp3) is 0.974. The second-order valence-corrected chi connectivity index (χ2v) is 16.8. The standard InChI is InChI=1S/C39H76N2O12/c1-16-27(40(12)13)30(42)36(49-18-3)53-34-23(5)31(52-29-20-38(10,48-15)33(44)26(8)50-29)24(6)35(45)51-28(17-2)39(11,47)32(43)25(7)41(14)21-22(4)19-37(34,9)46/h22-34,36,42-44,46-47H,16-21H2,1-15H3/t22-,23+,24-,25-,26-,27?,28-,29+,30?,31+,32-,33?,34-,36+,37-,38?,39-/m1/s1. The van der Waals surface area contributed by atoms with Crippen LogP contribution in [-0.4, -0.2) is 167 Å². The van der Waals surface area contributed by atoms with Gasteiger partial charge in [-0.1, -0.05) is 27.7 Å². The third-order valence-corrected chi connectivity index (χ3v) is 12.0. The lowest BCUT2D eigenvalue weighted by Gasteiger charge is -2.48. The van der Waals surface area contributed by atoms with E-state index in [1.807, 2.05) is 51.7 Å². The van der Waals surface area contributed by atoms with E-state index in [2.05, 4.69) is 0 Å². The molecule has 0 aromatic rings. The van der Waals surface area contributed by atoms with E-state index < -0.39 is 96.0 Å². The van der Waals surface area contributed by atoms with Crippen LogP contribution >= 0.6 is 0 Å². The fourth-order valence-corrected chi connectivity index (χ4v) is 8.56. The van der Waals surface area contributed by atoms with Gasteiger partial charge < -0.3 is 63.8 Å². The number of likely N-dealkylation sites (N-methyl/N-ethyl adjacent to an activating group) is 2. The molecule has 2 rings (SSSR count). The summed E-state index contributed by atoms with van der Waals surface area (Å²) in [6, 6.07) is -0.871. The second-order valence-electron chi connectivity index (χ2n) is 16.8. The van der Waals surface area contributed by atoms with Gasteiger partial charge in [-0.25, -0.2) is 0 Å². The summed E-state index contributed by atoms with van der Waals surface area (Å²) in [6.07, 6.45) is -8.09. The molecule has 0 aromatic heterocycles. The lowest BCUT2D eigenvalue weighted by Crippen LogP contribution is -2.59. The number of nitrogens with zero attached hydrogens (tertiary/aromatic N) is 2. The molecule has 2 heterocycles. The smallest absolute Gasteiger partial charge is 0.311 e. The van der Waals surface area contributed by atoms with E-state index in [0.29, 0.717) is 13.0 Å². The van der Waals surface area contributed by atoms with Crippen molar-refractivity contribution in [3.63, 3.8) is 0 Å². The highest BCUT2D eigenvalue weighted by molar-refractivity contribution is 5.73. The number of ether oxygens (including phenoxy) is 6. The van der Waals surface area contributed by atoms with Gasteiger partial charge in [0.2, 0.25) is 0 Å². The number of aliphatic hydroxyl groups excluding tert-OH is 3. The molecule has 0 aliphatic carbocycles. The van der Waals surface area contributed by atoms with Gasteiger partial charge in [-0.15, -0.1) is 0 Å². The molecule has 2 aliphatic heterocycles. The monoisotopic (exact) mass is 765 g/mol. The summed E-state index contributed by atoms with van der Waals surface area (Å²) >= 11 is 0. The van der Waals surface area contributed by atoms with Crippen molar-refractivity contribution in [2.24, 2.45) is 17.8 Å². The maximum absolute atomic E-state index is 14.2. The Balaban J connectivity index is 2.81. The van der Waals surface area contributed by atoms with Crippen LogP contribution < -0.4 is 0 Å². The van der Waals surface area contributed by atoms with Crippen LogP contribution in [0, 0.1) is 17.8 Å². The maximum atomic E-state index is 14.2. The van der Waals surface area contributed by atoms with E-state index >= 15 is 0 Å². The molecule has 0 saturated carbocycles. The minimum Gasteiger partial charge on any atom is -0.459 e. The van der Waals surface area contributed by atoms with E-state index in [-0.39, 0.29) is 37.8 Å². The summed E-state index contributed by atoms with van der Waals surface area (Å²) in [5, 5.41) is 58.4. The van der Waals surface area contributed by atoms with E-state index in [4.69, 9.17) is 28.4 Å². The third-order valence-electron chi connectivity index (χ3n) is 12.0. The maximum Gasteiger partial charge on any atom is 0.311 e. The molecule has 0 spiro atoms. The number of rotatable bonds is 12. The van der Waals surface area contributed by atoms with Gasteiger partial charge in [0, 0.05) is 44.7 Å². The molecule has 2 fully saturated rings. The minimum atomic E-state index is -1.80. The molecule has 14 heteroatoms. The van der Waals surface area contributed by atoms with Gasteiger partial charge in [-0.3, -0.25) is 4.79 Å². The molecule has 17 atom stereocenters. The average Bonchev–Trinajstić information content (AvgIpc) is 3.07. The number of hydrogen-bond acceptors (Lipinski definition) is 14. The first-order valence-corrected chi connectivity index (χ1v) is 19.6. The molecule has 2 aliphatic rings. The number of carbonyl (C=O) groups is 1. The number of aliphatic hydroxyl groups is 5. The predicted molar refractivity (Wildman–Crippen MR) is 201 cm³/mol. The Labute approximate surface area is 319 Å². The largest absolute Gasteiger partial charge is 0.459 e. The Hall–Kier alpha value is -1.01. The molecule has 0 radical (unpaired) electrons. The van der Waals surface area contributed by atoms with Gasteiger partial charge in [0.15, 0.2) is 12.6 Å². The predicted octanol–water partition coefficient (Wildman–Crippen LogP) is 2.54. The van der Waals surface area contributed by atoms with E-state index in [9.17, 15) is 30.3 Å². The highest BCUT2D eigenvalue weighted by Crippen LogP contribution is 2.39. The molecular weight excluding hydrogens is 688 g/mol. The second kappa shape index (κ2) is 19.9. The Kier molecular flexibility index (Phi) is 18.1. The lowest BCUT2D eigenvalue weighted by molar-refractivity contribution is -0.309. The van der Waals surface area contributed by atoms with E-state index in [0.717, 1.165) is 0 Å². The number of hydrogen-bond donors (Lipinski definition) is 5. The summed E-state index contributed by atoms with van der Waals surface area (Å²) in [5.74, 6) is -2.62. The van der Waals surface area contributed by atoms with Crippen molar-refractivity contribution in [1.29, 1.82) is 0 Å². The van der Waals surface area contributed by atoms with Gasteiger partial charge in [-0.05, 0) is 94.8 Å². The summed E-state index contributed by atoms with van der Waals surface area (Å²) in [4.78, 5) is 18.0. The van der Waals surface area contributed by atoms with Gasteiger partial charge in [-0.2, -0.15) is 0 Å². The summed E-state index contributed by atoms with van der Waals surface area (Å²) in [6.45, 7) is 20.1. The minimum absolute atomic E-state index is 0.128. The molecule has 0 aromatic carbocycles. The number of esters is 1. The molecule has 0 amide bonds. The zero-order valence-corrected chi connectivity index (χ0v) is 35.3. The normalized spacial score (nSPS) is 43.4. The molecule has 2 saturated heterocycles. The van der Waals surface area contributed by atoms with Crippen LogP contribution in [-0.2, 0) is 33.2 Å². The molecule has 314 valence electrons. The summed E-state index contributed by atoms with van der Waals surface area (Å²) < 4.78 is 37.5. The SMILES string of the molecule is CCO[C@@H](O[C@@H]1[C@@H](C)[C@H](O[C@H]2CC(C)(OC)C(O)[C@@H](C)O2)[C@@H](C)C(=O)O[C@H](CC)[C@@](C)(O)[C@H](O)[C@@H](C)N(C)C[C@H](C)C[C@@]1(C)O)C(O)C(CC)N(C)C. The fourth-order valence-electron chi connectivity index (χ4n) is 8.56. The Morgan fingerprint density at radius 1 is 1.00 bits per heavy atom. The van der Waals surface area contributed by atoms with Crippen LogP contribution in [0.5, 0.6) is 0 Å². The van der Waals surface area contributed by atoms with Crippen molar-refractivity contribution in [3.8, 4) is 0 Å². The first-order chi connectivity index (χ1) is 24.4.